The molecule has 0 aromatic heterocycles. The molecule has 0 bridgehead atoms. The van der Waals surface area contributed by atoms with Gasteiger partial charge in [0.15, 0.2) is 6.10 Å². The zero-order valence-corrected chi connectivity index (χ0v) is 16.6. The lowest BCUT2D eigenvalue weighted by molar-refractivity contribution is -0.137. The van der Waals surface area contributed by atoms with Crippen LogP contribution in [0.3, 0.4) is 0 Å². The highest BCUT2D eigenvalue weighted by Crippen LogP contribution is 2.29. The molecule has 0 aliphatic carbocycles. The van der Waals surface area contributed by atoms with E-state index in [1.54, 1.807) is 6.07 Å². The second-order valence-corrected chi connectivity index (χ2v) is 7.71. The standard InChI is InChI=1S/C22H26F3NO2/c1-5-19(28-18-11-9-16(10-12-18)21(2,3)4)20(27)26-14-15-7-6-8-17(13-15)22(23,24)25/h6-13,19H,5,14H2,1-4H3,(H,26,27)/t19-/m0/s1. The molecule has 0 radical (unpaired) electrons. The second-order valence-electron chi connectivity index (χ2n) is 7.71. The van der Waals surface area contributed by atoms with Crippen LogP contribution < -0.4 is 10.1 Å². The second kappa shape index (κ2) is 8.67. The van der Waals surface area contributed by atoms with E-state index in [9.17, 15) is 18.0 Å². The van der Waals surface area contributed by atoms with Crippen LogP contribution in [0.25, 0.3) is 0 Å². The SMILES string of the molecule is CC[C@H](Oc1ccc(C(C)(C)C)cc1)C(=O)NCc1cccc(C(F)(F)F)c1. The summed E-state index contributed by atoms with van der Waals surface area (Å²) in [5, 5.41) is 2.65. The van der Waals surface area contributed by atoms with Crippen molar-refractivity contribution in [2.75, 3.05) is 0 Å². The van der Waals surface area contributed by atoms with Crippen molar-refractivity contribution in [1.29, 1.82) is 0 Å². The lowest BCUT2D eigenvalue weighted by Gasteiger charge is -2.21. The topological polar surface area (TPSA) is 38.3 Å². The maximum Gasteiger partial charge on any atom is 0.416 e. The van der Waals surface area contributed by atoms with Crippen molar-refractivity contribution in [3.63, 3.8) is 0 Å². The summed E-state index contributed by atoms with van der Waals surface area (Å²) < 4.78 is 44.1. The number of ether oxygens (including phenoxy) is 1. The molecule has 0 spiro atoms. The molecule has 1 amide bonds. The van der Waals surface area contributed by atoms with Gasteiger partial charge in [-0.1, -0.05) is 52.0 Å². The lowest BCUT2D eigenvalue weighted by Crippen LogP contribution is -2.37. The van der Waals surface area contributed by atoms with Gasteiger partial charge in [-0.05, 0) is 47.2 Å². The molecule has 1 atom stereocenters. The number of rotatable bonds is 6. The fourth-order valence-electron chi connectivity index (χ4n) is 2.68. The summed E-state index contributed by atoms with van der Waals surface area (Å²) in [6, 6.07) is 12.5. The first-order valence-electron chi connectivity index (χ1n) is 9.21. The van der Waals surface area contributed by atoms with Gasteiger partial charge in [0.2, 0.25) is 0 Å². The third-order valence-corrected chi connectivity index (χ3v) is 4.38. The summed E-state index contributed by atoms with van der Waals surface area (Å²) in [6.45, 7) is 8.15. The molecule has 2 aromatic rings. The van der Waals surface area contributed by atoms with Crippen LogP contribution in [-0.4, -0.2) is 12.0 Å². The Hall–Kier alpha value is -2.50. The van der Waals surface area contributed by atoms with E-state index >= 15 is 0 Å². The van der Waals surface area contributed by atoms with E-state index in [-0.39, 0.29) is 17.9 Å². The van der Waals surface area contributed by atoms with Crippen LogP contribution in [0.4, 0.5) is 13.2 Å². The van der Waals surface area contributed by atoms with Crippen molar-refractivity contribution in [3.05, 3.63) is 65.2 Å². The van der Waals surface area contributed by atoms with Crippen molar-refractivity contribution in [2.24, 2.45) is 0 Å². The molecule has 0 aliphatic heterocycles. The Kier molecular flexibility index (Phi) is 6.75. The minimum Gasteiger partial charge on any atom is -0.481 e. The van der Waals surface area contributed by atoms with E-state index in [1.807, 2.05) is 31.2 Å². The molecule has 2 rings (SSSR count). The molecule has 0 saturated carbocycles. The predicted octanol–water partition coefficient (Wildman–Crippen LogP) is 5.48. The van der Waals surface area contributed by atoms with Gasteiger partial charge in [0.1, 0.15) is 5.75 Å². The molecule has 0 saturated heterocycles. The summed E-state index contributed by atoms with van der Waals surface area (Å²) in [5.41, 5.74) is 0.821. The highest BCUT2D eigenvalue weighted by molar-refractivity contribution is 5.81. The molecule has 0 unspecified atom stereocenters. The van der Waals surface area contributed by atoms with Crippen LogP contribution in [0.15, 0.2) is 48.5 Å². The van der Waals surface area contributed by atoms with Gasteiger partial charge in [-0.15, -0.1) is 0 Å². The van der Waals surface area contributed by atoms with Gasteiger partial charge in [-0.2, -0.15) is 13.2 Å². The number of amides is 1. The average molecular weight is 393 g/mol. The van der Waals surface area contributed by atoms with E-state index in [1.165, 1.54) is 6.07 Å². The summed E-state index contributed by atoms with van der Waals surface area (Å²) >= 11 is 0. The van der Waals surface area contributed by atoms with Gasteiger partial charge in [0.25, 0.3) is 5.91 Å². The Morgan fingerprint density at radius 2 is 1.68 bits per heavy atom. The zero-order valence-electron chi connectivity index (χ0n) is 16.6. The first-order chi connectivity index (χ1) is 13.0. The Balaban J connectivity index is 1.98. The van der Waals surface area contributed by atoms with Crippen molar-refractivity contribution < 1.29 is 22.7 Å². The predicted molar refractivity (Wildman–Crippen MR) is 103 cm³/mol. The highest BCUT2D eigenvalue weighted by Gasteiger charge is 2.30. The number of alkyl halides is 3. The Morgan fingerprint density at radius 3 is 2.21 bits per heavy atom. The largest absolute Gasteiger partial charge is 0.481 e. The Morgan fingerprint density at radius 1 is 1.04 bits per heavy atom. The van der Waals surface area contributed by atoms with Crippen molar-refractivity contribution >= 4 is 5.91 Å². The molecule has 0 heterocycles. The van der Waals surface area contributed by atoms with Crippen molar-refractivity contribution in [3.8, 4) is 5.75 Å². The fourth-order valence-corrected chi connectivity index (χ4v) is 2.68. The average Bonchev–Trinajstić information content (AvgIpc) is 2.63. The lowest BCUT2D eigenvalue weighted by atomic mass is 9.87. The summed E-state index contributed by atoms with van der Waals surface area (Å²) in [6.07, 6.45) is -4.68. The van der Waals surface area contributed by atoms with Crippen LogP contribution >= 0.6 is 0 Å². The third-order valence-electron chi connectivity index (χ3n) is 4.38. The van der Waals surface area contributed by atoms with Crippen LogP contribution in [0.2, 0.25) is 0 Å². The number of carbonyl (C=O) groups is 1. The van der Waals surface area contributed by atoms with Gasteiger partial charge in [-0.25, -0.2) is 0 Å². The minimum absolute atomic E-state index is 0.00553. The highest BCUT2D eigenvalue weighted by atomic mass is 19.4. The molecule has 3 nitrogen and oxygen atoms in total. The van der Waals surface area contributed by atoms with E-state index in [0.717, 1.165) is 17.7 Å². The molecule has 28 heavy (non-hydrogen) atoms. The summed E-state index contributed by atoms with van der Waals surface area (Å²) in [7, 11) is 0. The van der Waals surface area contributed by atoms with Crippen molar-refractivity contribution in [1.82, 2.24) is 5.32 Å². The van der Waals surface area contributed by atoms with Crippen molar-refractivity contribution in [2.45, 2.75) is 58.4 Å². The van der Waals surface area contributed by atoms with Crippen LogP contribution in [0, 0.1) is 0 Å². The van der Waals surface area contributed by atoms with E-state index < -0.39 is 17.8 Å². The molecule has 6 heteroatoms. The number of halogens is 3. The number of hydrogen-bond donors (Lipinski definition) is 1. The van der Waals surface area contributed by atoms with E-state index in [0.29, 0.717) is 17.7 Å². The minimum atomic E-state index is -4.41. The number of nitrogens with one attached hydrogen (secondary N) is 1. The maximum absolute atomic E-state index is 12.8. The molecule has 1 N–H and O–H groups in total. The number of benzene rings is 2. The van der Waals surface area contributed by atoms with E-state index in [2.05, 4.69) is 26.1 Å². The molecule has 152 valence electrons. The van der Waals surface area contributed by atoms with Crippen LogP contribution in [-0.2, 0) is 22.9 Å². The van der Waals surface area contributed by atoms with Gasteiger partial charge in [-0.3, -0.25) is 4.79 Å². The van der Waals surface area contributed by atoms with Crippen LogP contribution in [0.5, 0.6) is 5.75 Å². The normalized spacial score (nSPS) is 13.1. The van der Waals surface area contributed by atoms with Gasteiger partial charge < -0.3 is 10.1 Å². The Labute approximate surface area is 163 Å². The third kappa shape index (κ3) is 6.01. The first kappa shape index (κ1) is 21.8. The summed E-state index contributed by atoms with van der Waals surface area (Å²) in [4.78, 5) is 12.4. The molecular formula is C22H26F3NO2. The van der Waals surface area contributed by atoms with Gasteiger partial charge in [0, 0.05) is 6.54 Å². The molecular weight excluding hydrogens is 367 g/mol. The van der Waals surface area contributed by atoms with Gasteiger partial charge >= 0.3 is 6.18 Å². The smallest absolute Gasteiger partial charge is 0.416 e. The zero-order chi connectivity index (χ0) is 20.9. The van der Waals surface area contributed by atoms with Gasteiger partial charge in [0.05, 0.1) is 5.56 Å². The van der Waals surface area contributed by atoms with E-state index in [4.69, 9.17) is 4.74 Å². The molecule has 0 aliphatic rings. The maximum atomic E-state index is 12.8. The number of hydrogen-bond acceptors (Lipinski definition) is 2. The Bertz CT molecular complexity index is 793. The molecule has 0 fully saturated rings. The quantitative estimate of drug-likeness (QED) is 0.706. The van der Waals surface area contributed by atoms with Crippen LogP contribution in [0.1, 0.15) is 50.8 Å². The molecule has 2 aromatic carbocycles. The first-order valence-corrected chi connectivity index (χ1v) is 9.21. The fraction of sp³-hybridized carbons (Fsp3) is 0.409. The number of carbonyl (C=O) groups excluding carboxylic acids is 1. The monoisotopic (exact) mass is 393 g/mol. The summed E-state index contributed by atoms with van der Waals surface area (Å²) in [5.74, 6) is 0.217.